The summed E-state index contributed by atoms with van der Waals surface area (Å²) in [5.74, 6) is -0.699. The van der Waals surface area contributed by atoms with E-state index < -0.39 is 12.1 Å². The van der Waals surface area contributed by atoms with Gasteiger partial charge in [-0.2, -0.15) is 0 Å². The van der Waals surface area contributed by atoms with Crippen molar-refractivity contribution in [2.24, 2.45) is 0 Å². The zero-order valence-electron chi connectivity index (χ0n) is 15.8. The Morgan fingerprint density at radius 3 is 2.60 bits per heavy atom. The van der Waals surface area contributed by atoms with Gasteiger partial charge < -0.3 is 5.32 Å². The highest BCUT2D eigenvalue weighted by molar-refractivity contribution is 6.04. The first-order valence-electron chi connectivity index (χ1n) is 9.46. The monoisotopic (exact) mass is 395 g/mol. The predicted molar refractivity (Wildman–Crippen MR) is 112 cm³/mol. The van der Waals surface area contributed by atoms with Crippen LogP contribution in [0, 0.1) is 0 Å². The molecule has 0 radical (unpaired) electrons. The predicted octanol–water partition coefficient (Wildman–Crippen LogP) is 3.54. The van der Waals surface area contributed by atoms with E-state index in [-0.39, 0.29) is 5.91 Å². The van der Waals surface area contributed by atoms with Crippen molar-refractivity contribution >= 4 is 28.4 Å². The summed E-state index contributed by atoms with van der Waals surface area (Å²) in [6.45, 7) is 0. The summed E-state index contributed by atoms with van der Waals surface area (Å²) in [5, 5.41) is 5.66. The molecule has 0 spiro atoms. The van der Waals surface area contributed by atoms with E-state index in [1.54, 1.807) is 30.5 Å². The van der Waals surface area contributed by atoms with Crippen LogP contribution >= 0.6 is 0 Å². The summed E-state index contributed by atoms with van der Waals surface area (Å²) in [4.78, 5) is 34.6. The van der Waals surface area contributed by atoms with Crippen LogP contribution in [0.1, 0.15) is 32.4 Å². The molecular weight excluding hydrogens is 378 g/mol. The quantitative estimate of drug-likeness (QED) is 0.554. The molecule has 7 nitrogen and oxygen atoms in total. The molecule has 0 aliphatic carbocycles. The number of amides is 2. The van der Waals surface area contributed by atoms with Crippen LogP contribution in [0.15, 0.2) is 85.3 Å². The third kappa shape index (κ3) is 3.02. The number of hydrogen-bond donors (Lipinski definition) is 2. The fourth-order valence-corrected chi connectivity index (χ4v) is 3.61. The molecule has 0 bridgehead atoms. The second kappa shape index (κ2) is 7.29. The van der Waals surface area contributed by atoms with Gasteiger partial charge in [0.05, 0.1) is 11.1 Å². The number of fused-ring (bicyclic) bond motifs is 2. The van der Waals surface area contributed by atoms with Gasteiger partial charge in [0.25, 0.3) is 11.8 Å². The minimum atomic E-state index is -0.628. The Balaban J connectivity index is 1.61. The largest absolute Gasteiger partial charge is 0.359 e. The van der Waals surface area contributed by atoms with E-state index in [2.05, 4.69) is 20.7 Å². The van der Waals surface area contributed by atoms with Gasteiger partial charge >= 0.3 is 0 Å². The average molecular weight is 395 g/mol. The molecule has 2 aromatic heterocycles. The van der Waals surface area contributed by atoms with Gasteiger partial charge in [-0.3, -0.25) is 25.0 Å². The lowest BCUT2D eigenvalue weighted by atomic mass is 10.0. The van der Waals surface area contributed by atoms with Crippen LogP contribution in [0.3, 0.4) is 0 Å². The zero-order valence-corrected chi connectivity index (χ0v) is 15.8. The number of rotatable bonds is 3. The number of pyridine rings is 2. The van der Waals surface area contributed by atoms with Crippen molar-refractivity contribution in [3.63, 3.8) is 0 Å². The molecule has 4 aromatic rings. The van der Waals surface area contributed by atoms with Gasteiger partial charge in [-0.15, -0.1) is 0 Å². The van der Waals surface area contributed by atoms with E-state index in [1.165, 1.54) is 17.4 Å². The minimum absolute atomic E-state index is 0.301. The first-order chi connectivity index (χ1) is 14.7. The number of aromatic nitrogens is 2. The standard InChI is InChI=1S/C23H17N5O2/c29-22(16-10-13-24-14-11-16)27-28-21(26-19-9-2-1-7-17(19)23(28)30)18-8-3-5-15-6-4-12-25-20(15)18/h1-14,21,26H,(H,27,29)/t21-/m1/s1. The van der Waals surface area contributed by atoms with E-state index in [0.29, 0.717) is 16.8 Å². The average Bonchev–Trinajstić information content (AvgIpc) is 2.81. The Bertz CT molecular complexity index is 1250. The highest BCUT2D eigenvalue weighted by atomic mass is 16.2. The Morgan fingerprint density at radius 1 is 0.933 bits per heavy atom. The maximum atomic E-state index is 13.3. The number of hydrogen-bond acceptors (Lipinski definition) is 5. The van der Waals surface area contributed by atoms with Crippen molar-refractivity contribution < 1.29 is 9.59 Å². The van der Waals surface area contributed by atoms with Crippen molar-refractivity contribution in [1.82, 2.24) is 20.4 Å². The molecule has 1 aliphatic rings. The Labute approximate surface area is 172 Å². The fourth-order valence-electron chi connectivity index (χ4n) is 3.61. The molecule has 1 aliphatic heterocycles. The first-order valence-corrected chi connectivity index (χ1v) is 9.46. The van der Waals surface area contributed by atoms with E-state index in [1.807, 2.05) is 42.5 Å². The molecule has 7 heteroatoms. The van der Waals surface area contributed by atoms with E-state index >= 15 is 0 Å². The zero-order chi connectivity index (χ0) is 20.5. The smallest absolute Gasteiger partial charge is 0.276 e. The van der Waals surface area contributed by atoms with E-state index in [0.717, 1.165) is 16.5 Å². The molecule has 5 rings (SSSR count). The molecule has 1 atom stereocenters. The van der Waals surface area contributed by atoms with Crippen LogP contribution in [0.5, 0.6) is 0 Å². The molecule has 0 unspecified atom stereocenters. The Kier molecular flexibility index (Phi) is 4.33. The molecule has 0 fully saturated rings. The normalized spacial score (nSPS) is 15.4. The van der Waals surface area contributed by atoms with Gasteiger partial charge in [-0.25, -0.2) is 5.01 Å². The molecule has 3 heterocycles. The Morgan fingerprint density at radius 2 is 1.73 bits per heavy atom. The SMILES string of the molecule is O=C(NN1C(=O)c2ccccc2N[C@H]1c1cccc2cccnc12)c1ccncc1. The topological polar surface area (TPSA) is 87.2 Å². The summed E-state index contributed by atoms with van der Waals surface area (Å²) < 4.78 is 0. The lowest BCUT2D eigenvalue weighted by Gasteiger charge is -2.38. The van der Waals surface area contributed by atoms with Crippen molar-refractivity contribution in [3.8, 4) is 0 Å². The second-order valence-electron chi connectivity index (χ2n) is 6.87. The third-order valence-corrected chi connectivity index (χ3v) is 5.05. The summed E-state index contributed by atoms with van der Waals surface area (Å²) >= 11 is 0. The second-order valence-corrected chi connectivity index (χ2v) is 6.87. The number of carbonyl (C=O) groups excluding carboxylic acids is 2. The highest BCUT2D eigenvalue weighted by Crippen LogP contribution is 2.34. The fraction of sp³-hybridized carbons (Fsp3) is 0.0435. The van der Waals surface area contributed by atoms with Gasteiger partial charge in [-0.05, 0) is 30.3 Å². The summed E-state index contributed by atoms with van der Waals surface area (Å²) in [5.41, 5.74) is 5.90. The summed E-state index contributed by atoms with van der Waals surface area (Å²) in [7, 11) is 0. The lowest BCUT2D eigenvalue weighted by Crippen LogP contribution is -2.53. The molecule has 2 amide bonds. The lowest BCUT2D eigenvalue weighted by molar-refractivity contribution is 0.0492. The number of nitrogens with zero attached hydrogens (tertiary/aromatic N) is 3. The number of carbonyl (C=O) groups is 2. The summed E-state index contributed by atoms with van der Waals surface area (Å²) in [6, 6.07) is 20.0. The molecule has 0 saturated carbocycles. The van der Waals surface area contributed by atoms with Gasteiger partial charge in [0.15, 0.2) is 6.17 Å². The molecule has 2 aromatic carbocycles. The van der Waals surface area contributed by atoms with Crippen LogP contribution in [-0.4, -0.2) is 26.8 Å². The minimum Gasteiger partial charge on any atom is -0.359 e. The van der Waals surface area contributed by atoms with E-state index in [9.17, 15) is 9.59 Å². The van der Waals surface area contributed by atoms with Gasteiger partial charge in [0.1, 0.15) is 0 Å². The van der Waals surface area contributed by atoms with Crippen molar-refractivity contribution in [3.05, 3.63) is 102 Å². The number of benzene rings is 2. The van der Waals surface area contributed by atoms with E-state index in [4.69, 9.17) is 0 Å². The van der Waals surface area contributed by atoms with Crippen LogP contribution < -0.4 is 10.7 Å². The van der Waals surface area contributed by atoms with Crippen LogP contribution in [-0.2, 0) is 0 Å². The first kappa shape index (κ1) is 17.8. The van der Waals surface area contributed by atoms with Crippen LogP contribution in [0.25, 0.3) is 10.9 Å². The van der Waals surface area contributed by atoms with Gasteiger partial charge in [0, 0.05) is 40.8 Å². The maximum absolute atomic E-state index is 13.3. The maximum Gasteiger partial charge on any atom is 0.276 e. The number of para-hydroxylation sites is 2. The van der Waals surface area contributed by atoms with Crippen molar-refractivity contribution in [1.29, 1.82) is 0 Å². The number of anilines is 1. The molecule has 146 valence electrons. The van der Waals surface area contributed by atoms with Crippen molar-refractivity contribution in [2.45, 2.75) is 6.17 Å². The molecule has 30 heavy (non-hydrogen) atoms. The third-order valence-electron chi connectivity index (χ3n) is 5.05. The molecule has 0 saturated heterocycles. The number of nitrogens with one attached hydrogen (secondary N) is 2. The number of hydrazine groups is 1. The van der Waals surface area contributed by atoms with Crippen LogP contribution in [0.4, 0.5) is 5.69 Å². The van der Waals surface area contributed by atoms with Gasteiger partial charge in [-0.1, -0.05) is 36.4 Å². The van der Waals surface area contributed by atoms with Crippen LogP contribution in [0.2, 0.25) is 0 Å². The highest BCUT2D eigenvalue weighted by Gasteiger charge is 2.35. The molecular formula is C23H17N5O2. The summed E-state index contributed by atoms with van der Waals surface area (Å²) in [6.07, 6.45) is 4.15. The van der Waals surface area contributed by atoms with Crippen molar-refractivity contribution in [2.75, 3.05) is 5.32 Å². The molecule has 2 N–H and O–H groups in total. The van der Waals surface area contributed by atoms with Gasteiger partial charge in [0.2, 0.25) is 0 Å². The Hall–Kier alpha value is -4.26.